The number of halogens is 1. The molecule has 5 heteroatoms. The van der Waals surface area contributed by atoms with E-state index in [1.165, 1.54) is 12.0 Å². The molecule has 2 aromatic heterocycles. The van der Waals surface area contributed by atoms with Gasteiger partial charge in [0.25, 0.3) is 0 Å². The first-order valence-electron chi connectivity index (χ1n) is 4.41. The van der Waals surface area contributed by atoms with Crippen LogP contribution in [0, 0.1) is 10.5 Å². The first-order chi connectivity index (χ1) is 6.66. The lowest BCUT2D eigenvalue weighted by Gasteiger charge is -2.01. The van der Waals surface area contributed by atoms with Crippen LogP contribution in [0.1, 0.15) is 12.6 Å². The molecule has 2 N–H and O–H groups in total. The fourth-order valence-electron chi connectivity index (χ4n) is 1.65. The van der Waals surface area contributed by atoms with Gasteiger partial charge in [0.05, 0.1) is 5.39 Å². The molecule has 0 atom stereocenters. The number of hydrogen-bond acceptors (Lipinski definition) is 3. The fourth-order valence-corrected chi connectivity index (χ4v) is 2.46. The van der Waals surface area contributed by atoms with Crippen LogP contribution in [0.25, 0.3) is 11.0 Å². The van der Waals surface area contributed by atoms with E-state index in [9.17, 15) is 0 Å². The van der Waals surface area contributed by atoms with Crippen molar-refractivity contribution in [2.45, 2.75) is 20.4 Å². The molecular weight excluding hydrogens is 291 g/mol. The molecule has 0 unspecified atom stereocenters. The van der Waals surface area contributed by atoms with Crippen LogP contribution in [-0.4, -0.2) is 14.5 Å². The highest BCUT2D eigenvalue weighted by molar-refractivity contribution is 14.1. The van der Waals surface area contributed by atoms with E-state index in [4.69, 9.17) is 5.73 Å². The Morgan fingerprint density at radius 2 is 2.21 bits per heavy atom. The molecule has 2 heterocycles. The quantitative estimate of drug-likeness (QED) is 0.819. The Hall–Kier alpha value is -0.850. The van der Waals surface area contributed by atoms with Gasteiger partial charge in [0, 0.05) is 15.8 Å². The van der Waals surface area contributed by atoms with Crippen LogP contribution >= 0.6 is 22.6 Å². The van der Waals surface area contributed by atoms with Crippen LogP contribution < -0.4 is 5.73 Å². The Kier molecular flexibility index (Phi) is 2.34. The highest BCUT2D eigenvalue weighted by Gasteiger charge is 2.14. The van der Waals surface area contributed by atoms with Crippen LogP contribution in [0.3, 0.4) is 0 Å². The van der Waals surface area contributed by atoms with E-state index in [2.05, 4.69) is 51.0 Å². The van der Waals surface area contributed by atoms with Crippen molar-refractivity contribution in [3.8, 4) is 0 Å². The standard InChI is InChI=1S/C9H11IN4/c1-3-14-5(2)7(10)6-8(11)12-4-13-9(6)14/h4H,3H2,1-2H3,(H2,11,12,13). The molecule has 2 rings (SSSR count). The third-order valence-electron chi connectivity index (χ3n) is 2.37. The minimum atomic E-state index is 0.565. The molecule has 0 fully saturated rings. The average Bonchev–Trinajstić information content (AvgIpc) is 2.41. The van der Waals surface area contributed by atoms with Crippen molar-refractivity contribution in [1.82, 2.24) is 14.5 Å². The summed E-state index contributed by atoms with van der Waals surface area (Å²) in [5.41, 5.74) is 7.96. The third kappa shape index (κ3) is 1.18. The summed E-state index contributed by atoms with van der Waals surface area (Å²) < 4.78 is 3.30. The summed E-state index contributed by atoms with van der Waals surface area (Å²) in [6, 6.07) is 0. The molecule has 2 aromatic rings. The Bertz CT molecular complexity index is 489. The van der Waals surface area contributed by atoms with E-state index in [0.29, 0.717) is 5.82 Å². The molecule has 0 bridgehead atoms. The molecule has 0 aliphatic carbocycles. The lowest BCUT2D eigenvalue weighted by molar-refractivity contribution is 0.757. The normalized spacial score (nSPS) is 11.1. The molecule has 0 spiro atoms. The molecule has 0 saturated heterocycles. The van der Waals surface area contributed by atoms with Gasteiger partial charge in [0.1, 0.15) is 17.8 Å². The zero-order chi connectivity index (χ0) is 10.3. The summed E-state index contributed by atoms with van der Waals surface area (Å²) in [6.07, 6.45) is 1.51. The van der Waals surface area contributed by atoms with E-state index in [0.717, 1.165) is 21.1 Å². The van der Waals surface area contributed by atoms with Crippen molar-refractivity contribution in [2.75, 3.05) is 5.73 Å². The zero-order valence-electron chi connectivity index (χ0n) is 8.08. The lowest BCUT2D eigenvalue weighted by Crippen LogP contribution is -1.98. The molecule has 0 aromatic carbocycles. The molecule has 0 aliphatic rings. The molecule has 0 radical (unpaired) electrons. The van der Waals surface area contributed by atoms with Gasteiger partial charge in [-0.3, -0.25) is 0 Å². The van der Waals surface area contributed by atoms with Gasteiger partial charge in [-0.1, -0.05) is 0 Å². The van der Waals surface area contributed by atoms with Crippen molar-refractivity contribution in [3.05, 3.63) is 15.6 Å². The van der Waals surface area contributed by atoms with Gasteiger partial charge in [-0.05, 0) is 36.4 Å². The number of fused-ring (bicyclic) bond motifs is 1. The van der Waals surface area contributed by atoms with E-state index >= 15 is 0 Å². The van der Waals surface area contributed by atoms with Crippen molar-refractivity contribution in [3.63, 3.8) is 0 Å². The van der Waals surface area contributed by atoms with E-state index < -0.39 is 0 Å². The maximum Gasteiger partial charge on any atom is 0.146 e. The maximum absolute atomic E-state index is 5.82. The van der Waals surface area contributed by atoms with Gasteiger partial charge in [-0.15, -0.1) is 0 Å². The van der Waals surface area contributed by atoms with Crippen LogP contribution in [0.15, 0.2) is 6.33 Å². The van der Waals surface area contributed by atoms with Crippen molar-refractivity contribution < 1.29 is 0 Å². The summed E-state index contributed by atoms with van der Waals surface area (Å²) >= 11 is 2.29. The number of aromatic nitrogens is 3. The Morgan fingerprint density at radius 3 is 2.86 bits per heavy atom. The predicted octanol–water partition coefficient (Wildman–Crippen LogP) is 1.95. The second-order valence-corrected chi connectivity index (χ2v) is 4.18. The lowest BCUT2D eigenvalue weighted by atomic mass is 10.3. The SMILES string of the molecule is CCn1c(C)c(I)c2c(N)ncnc21. The number of nitrogens with two attached hydrogens (primary N) is 1. The van der Waals surface area contributed by atoms with Crippen molar-refractivity contribution in [2.24, 2.45) is 0 Å². The molecular formula is C9H11IN4. The highest BCUT2D eigenvalue weighted by Crippen LogP contribution is 2.28. The Labute approximate surface area is 95.7 Å². The van der Waals surface area contributed by atoms with Crippen molar-refractivity contribution in [1.29, 1.82) is 0 Å². The first kappa shape index (κ1) is 9.70. The first-order valence-corrected chi connectivity index (χ1v) is 5.49. The minimum absolute atomic E-state index is 0.565. The number of aryl methyl sites for hydroxylation is 1. The fraction of sp³-hybridized carbons (Fsp3) is 0.333. The molecule has 0 amide bonds. The van der Waals surface area contributed by atoms with Crippen LogP contribution in [0.4, 0.5) is 5.82 Å². The number of rotatable bonds is 1. The predicted molar refractivity (Wildman–Crippen MR) is 65.1 cm³/mol. The van der Waals surface area contributed by atoms with Crippen LogP contribution in [-0.2, 0) is 6.54 Å². The van der Waals surface area contributed by atoms with Gasteiger partial charge in [-0.2, -0.15) is 0 Å². The summed E-state index contributed by atoms with van der Waals surface area (Å²) in [7, 11) is 0. The molecule has 74 valence electrons. The zero-order valence-corrected chi connectivity index (χ0v) is 10.2. The third-order valence-corrected chi connectivity index (χ3v) is 3.69. The van der Waals surface area contributed by atoms with E-state index in [1.807, 2.05) is 0 Å². The monoisotopic (exact) mass is 302 g/mol. The summed E-state index contributed by atoms with van der Waals surface area (Å²) in [5, 5.41) is 0.979. The molecule has 14 heavy (non-hydrogen) atoms. The smallest absolute Gasteiger partial charge is 0.146 e. The van der Waals surface area contributed by atoms with Gasteiger partial charge in [0.2, 0.25) is 0 Å². The number of anilines is 1. The van der Waals surface area contributed by atoms with Crippen LogP contribution in [0.5, 0.6) is 0 Å². The number of nitrogen functional groups attached to an aromatic ring is 1. The summed E-state index contributed by atoms with van der Waals surface area (Å²) in [6.45, 7) is 5.08. The van der Waals surface area contributed by atoms with E-state index in [1.54, 1.807) is 0 Å². The number of hydrogen-bond donors (Lipinski definition) is 1. The number of nitrogens with zero attached hydrogens (tertiary/aromatic N) is 3. The topological polar surface area (TPSA) is 56.7 Å². The second kappa shape index (κ2) is 3.38. The Morgan fingerprint density at radius 1 is 1.50 bits per heavy atom. The molecule has 4 nitrogen and oxygen atoms in total. The highest BCUT2D eigenvalue weighted by atomic mass is 127. The average molecular weight is 302 g/mol. The Balaban J connectivity index is 2.95. The largest absolute Gasteiger partial charge is 0.383 e. The van der Waals surface area contributed by atoms with Gasteiger partial charge >= 0.3 is 0 Å². The molecule has 0 aliphatic heterocycles. The minimum Gasteiger partial charge on any atom is -0.383 e. The maximum atomic E-state index is 5.82. The van der Waals surface area contributed by atoms with Crippen LogP contribution in [0.2, 0.25) is 0 Å². The van der Waals surface area contributed by atoms with Gasteiger partial charge in [0.15, 0.2) is 0 Å². The second-order valence-electron chi connectivity index (χ2n) is 3.10. The van der Waals surface area contributed by atoms with Gasteiger partial charge < -0.3 is 10.3 Å². The van der Waals surface area contributed by atoms with E-state index in [-0.39, 0.29) is 0 Å². The summed E-state index contributed by atoms with van der Waals surface area (Å²) in [4.78, 5) is 8.27. The summed E-state index contributed by atoms with van der Waals surface area (Å²) in [5.74, 6) is 0.565. The van der Waals surface area contributed by atoms with Crippen molar-refractivity contribution >= 4 is 39.4 Å². The molecule has 0 saturated carbocycles. The van der Waals surface area contributed by atoms with Gasteiger partial charge in [-0.25, -0.2) is 9.97 Å².